The van der Waals surface area contributed by atoms with Crippen molar-refractivity contribution in [3.05, 3.63) is 66.6 Å². The van der Waals surface area contributed by atoms with Gasteiger partial charge < -0.3 is 14.6 Å². The third-order valence-electron chi connectivity index (χ3n) is 7.33. The van der Waals surface area contributed by atoms with Crippen molar-refractivity contribution in [1.29, 1.82) is 0 Å². The molecule has 178 valence electrons. The molecule has 0 amide bonds. The Bertz CT molecular complexity index is 1190. The highest BCUT2D eigenvalue weighted by atomic mass is 16.5. The Kier molecular flexibility index (Phi) is 6.90. The first-order valence-electron chi connectivity index (χ1n) is 12.4. The van der Waals surface area contributed by atoms with Gasteiger partial charge in [0.15, 0.2) is 0 Å². The van der Waals surface area contributed by atoms with E-state index in [4.69, 9.17) is 4.74 Å². The van der Waals surface area contributed by atoms with Gasteiger partial charge in [0, 0.05) is 47.3 Å². The topological polar surface area (TPSA) is 71.9 Å². The van der Waals surface area contributed by atoms with Crippen molar-refractivity contribution in [3.63, 3.8) is 0 Å². The fourth-order valence-corrected chi connectivity index (χ4v) is 5.34. The predicted octanol–water partition coefficient (Wildman–Crippen LogP) is 4.99. The third kappa shape index (κ3) is 4.99. The van der Waals surface area contributed by atoms with Gasteiger partial charge in [-0.2, -0.15) is 0 Å². The third-order valence-corrected chi connectivity index (χ3v) is 7.33. The van der Waals surface area contributed by atoms with Gasteiger partial charge in [-0.1, -0.05) is 13.3 Å². The minimum atomic E-state index is 0.421. The number of pyridine rings is 1. The van der Waals surface area contributed by atoms with Gasteiger partial charge in [0.25, 0.3) is 0 Å². The average Bonchev–Trinajstić information content (AvgIpc) is 3.55. The molecule has 3 aromatic heterocycles. The molecule has 1 aliphatic heterocycles. The molecule has 1 N–H and O–H groups in total. The Morgan fingerprint density at radius 2 is 1.97 bits per heavy atom. The van der Waals surface area contributed by atoms with E-state index >= 15 is 0 Å². The summed E-state index contributed by atoms with van der Waals surface area (Å²) in [5.41, 5.74) is 4.91. The zero-order chi connectivity index (χ0) is 23.3. The molecule has 4 aromatic rings. The van der Waals surface area contributed by atoms with Crippen molar-refractivity contribution in [3.8, 4) is 11.4 Å². The quantitative estimate of drug-likeness (QED) is 0.383. The summed E-state index contributed by atoms with van der Waals surface area (Å²) in [7, 11) is 1.74. The van der Waals surface area contributed by atoms with E-state index in [0.29, 0.717) is 5.92 Å². The average molecular weight is 459 g/mol. The predicted molar refractivity (Wildman–Crippen MR) is 135 cm³/mol. The second-order valence-corrected chi connectivity index (χ2v) is 9.57. The van der Waals surface area contributed by atoms with Crippen molar-refractivity contribution in [1.82, 2.24) is 29.6 Å². The van der Waals surface area contributed by atoms with Crippen LogP contribution in [0.25, 0.3) is 16.6 Å². The van der Waals surface area contributed by atoms with Crippen LogP contribution < -0.4 is 4.74 Å². The van der Waals surface area contributed by atoms with E-state index in [2.05, 4.69) is 56.4 Å². The number of likely N-dealkylation sites (tertiary alicyclic amines) is 1. The lowest BCUT2D eigenvalue weighted by molar-refractivity contribution is 0.170. The lowest BCUT2D eigenvalue weighted by Crippen LogP contribution is -2.36. The van der Waals surface area contributed by atoms with Crippen LogP contribution in [0.1, 0.15) is 49.7 Å². The van der Waals surface area contributed by atoms with E-state index in [-0.39, 0.29) is 0 Å². The number of rotatable bonds is 9. The van der Waals surface area contributed by atoms with E-state index in [0.717, 1.165) is 30.3 Å². The van der Waals surface area contributed by atoms with Crippen LogP contribution in [0.15, 0.2) is 55.5 Å². The second-order valence-electron chi connectivity index (χ2n) is 9.57. The van der Waals surface area contributed by atoms with Crippen LogP contribution in [0.2, 0.25) is 0 Å². The summed E-state index contributed by atoms with van der Waals surface area (Å²) in [6.07, 6.45) is 15.7. The number of methoxy groups -OCH3 is 1. The highest BCUT2D eigenvalue weighted by molar-refractivity contribution is 5.85. The molecule has 0 bridgehead atoms. The van der Waals surface area contributed by atoms with Gasteiger partial charge in [0.05, 0.1) is 7.11 Å². The number of aromatic nitrogens is 5. The first kappa shape index (κ1) is 22.6. The number of H-pyrrole nitrogens is 1. The largest absolute Gasteiger partial charge is 0.496 e. The fourth-order valence-electron chi connectivity index (χ4n) is 5.34. The van der Waals surface area contributed by atoms with Crippen LogP contribution in [-0.4, -0.2) is 56.4 Å². The van der Waals surface area contributed by atoms with Crippen LogP contribution in [0, 0.1) is 5.92 Å². The number of hydrogen-bond donors (Lipinski definition) is 1. The normalized spacial score (nSPS) is 16.2. The van der Waals surface area contributed by atoms with Crippen LogP contribution in [0.5, 0.6) is 5.75 Å². The second kappa shape index (κ2) is 10.4. The van der Waals surface area contributed by atoms with Crippen molar-refractivity contribution >= 4 is 10.9 Å². The van der Waals surface area contributed by atoms with E-state index < -0.39 is 0 Å². The maximum Gasteiger partial charge on any atom is 0.125 e. The van der Waals surface area contributed by atoms with Crippen molar-refractivity contribution in [2.24, 2.45) is 5.92 Å². The number of aromatic amines is 1. The minimum Gasteiger partial charge on any atom is -0.496 e. The molecule has 5 rings (SSSR count). The molecule has 0 saturated carbocycles. The summed E-state index contributed by atoms with van der Waals surface area (Å²) in [5, 5.41) is 9.16. The maximum absolute atomic E-state index is 5.53. The Balaban J connectivity index is 1.10. The Labute approximate surface area is 201 Å². The SMILES string of the molecule is COc1ccncc1C(C)CN1CCC(CCCc2c[nH]c3ccc(-n4cnnc4)cc23)CC1. The number of aryl methyl sites for hydroxylation is 1. The first-order valence-corrected chi connectivity index (χ1v) is 12.4. The number of piperidine rings is 1. The summed E-state index contributed by atoms with van der Waals surface area (Å²) in [6, 6.07) is 8.44. The maximum atomic E-state index is 5.53. The van der Waals surface area contributed by atoms with E-state index in [9.17, 15) is 0 Å². The molecule has 7 heteroatoms. The number of nitrogens with one attached hydrogen (secondary N) is 1. The molecule has 1 atom stereocenters. The molecule has 1 fully saturated rings. The summed E-state index contributed by atoms with van der Waals surface area (Å²) in [4.78, 5) is 10.3. The molecule has 0 aliphatic carbocycles. The lowest BCUT2D eigenvalue weighted by atomic mass is 9.90. The molecule has 1 unspecified atom stereocenters. The molecule has 0 radical (unpaired) electrons. The Hall–Kier alpha value is -3.19. The standard InChI is InChI=1S/C27H34N6O/c1-20(25-16-28-11-8-27(25)34-2)17-32-12-9-21(10-13-32)4-3-5-22-15-29-26-7-6-23(14-24(22)26)33-18-30-31-19-33/h6-8,11,14-16,18-21,29H,3-5,9-10,12-13,17H2,1-2H3. The Morgan fingerprint density at radius 1 is 1.15 bits per heavy atom. The van der Waals surface area contributed by atoms with Crippen molar-refractivity contribution in [2.45, 2.75) is 44.9 Å². The van der Waals surface area contributed by atoms with Crippen LogP contribution in [-0.2, 0) is 6.42 Å². The summed E-state index contributed by atoms with van der Waals surface area (Å²) < 4.78 is 7.49. The van der Waals surface area contributed by atoms with E-state index in [1.165, 1.54) is 60.8 Å². The number of fused-ring (bicyclic) bond motifs is 1. The van der Waals surface area contributed by atoms with Gasteiger partial charge in [0.1, 0.15) is 18.4 Å². The van der Waals surface area contributed by atoms with E-state index in [1.54, 1.807) is 26.0 Å². The lowest BCUT2D eigenvalue weighted by Gasteiger charge is -2.33. The van der Waals surface area contributed by atoms with Crippen molar-refractivity contribution < 1.29 is 4.74 Å². The van der Waals surface area contributed by atoms with Gasteiger partial charge in [-0.05, 0) is 80.4 Å². The highest BCUT2D eigenvalue weighted by Gasteiger charge is 2.22. The zero-order valence-electron chi connectivity index (χ0n) is 20.2. The van der Waals surface area contributed by atoms with Gasteiger partial charge in [0.2, 0.25) is 0 Å². The molecule has 1 aromatic carbocycles. The molecule has 7 nitrogen and oxygen atoms in total. The Morgan fingerprint density at radius 3 is 2.76 bits per heavy atom. The minimum absolute atomic E-state index is 0.421. The smallest absolute Gasteiger partial charge is 0.125 e. The zero-order valence-corrected chi connectivity index (χ0v) is 20.2. The molecule has 0 spiro atoms. The molecular weight excluding hydrogens is 424 g/mol. The summed E-state index contributed by atoms with van der Waals surface area (Å²) >= 11 is 0. The van der Waals surface area contributed by atoms with Gasteiger partial charge in [-0.3, -0.25) is 9.55 Å². The molecule has 4 heterocycles. The monoisotopic (exact) mass is 458 g/mol. The van der Waals surface area contributed by atoms with E-state index in [1.807, 2.05) is 16.8 Å². The number of hydrogen-bond acceptors (Lipinski definition) is 5. The van der Waals surface area contributed by atoms with Crippen LogP contribution in [0.4, 0.5) is 0 Å². The molecule has 1 aliphatic rings. The summed E-state index contributed by atoms with van der Waals surface area (Å²) in [5.74, 6) is 2.20. The van der Waals surface area contributed by atoms with Gasteiger partial charge in [-0.15, -0.1) is 10.2 Å². The van der Waals surface area contributed by atoms with Gasteiger partial charge >= 0.3 is 0 Å². The van der Waals surface area contributed by atoms with Gasteiger partial charge in [-0.25, -0.2) is 0 Å². The molecular formula is C27H34N6O. The number of nitrogens with zero attached hydrogens (tertiary/aromatic N) is 5. The van der Waals surface area contributed by atoms with Crippen molar-refractivity contribution in [2.75, 3.05) is 26.7 Å². The molecule has 1 saturated heterocycles. The number of ether oxygens (including phenoxy) is 1. The fraction of sp³-hybridized carbons (Fsp3) is 0.444. The summed E-state index contributed by atoms with van der Waals surface area (Å²) in [6.45, 7) is 5.72. The molecule has 34 heavy (non-hydrogen) atoms. The van der Waals surface area contributed by atoms with Crippen LogP contribution >= 0.6 is 0 Å². The van der Waals surface area contributed by atoms with Crippen LogP contribution in [0.3, 0.4) is 0 Å². The first-order chi connectivity index (χ1) is 16.7. The number of benzene rings is 1. The highest BCUT2D eigenvalue weighted by Crippen LogP contribution is 2.29.